The molecule has 1 fully saturated rings. The number of carbonyl (C=O) groups is 1. The molecule has 0 bridgehead atoms. The highest BCUT2D eigenvalue weighted by Gasteiger charge is 2.38. The monoisotopic (exact) mass is 142 g/mol. The minimum absolute atomic E-state index is 0.137. The summed E-state index contributed by atoms with van der Waals surface area (Å²) < 4.78 is 0. The van der Waals surface area contributed by atoms with Gasteiger partial charge in [0, 0.05) is 13.1 Å². The maximum Gasteiger partial charge on any atom is 0.227 e. The van der Waals surface area contributed by atoms with E-state index in [9.17, 15) is 4.79 Å². The molecule has 1 aliphatic rings. The minimum Gasteiger partial charge on any atom is -0.356 e. The van der Waals surface area contributed by atoms with Crippen molar-refractivity contribution in [2.45, 2.75) is 19.8 Å². The van der Waals surface area contributed by atoms with Gasteiger partial charge in [0.1, 0.15) is 0 Å². The Hall–Kier alpha value is -0.570. The Bertz CT molecular complexity index is 141. The lowest BCUT2D eigenvalue weighted by molar-refractivity contribution is -0.127. The number of carbonyl (C=O) groups excluding carboxylic acids is 1. The van der Waals surface area contributed by atoms with Gasteiger partial charge in [-0.2, -0.15) is 0 Å². The predicted octanol–water partition coefficient (Wildman–Crippen LogP) is -0.139. The van der Waals surface area contributed by atoms with E-state index in [0.29, 0.717) is 6.54 Å². The fourth-order valence-corrected chi connectivity index (χ4v) is 1.39. The van der Waals surface area contributed by atoms with E-state index >= 15 is 0 Å². The second kappa shape index (κ2) is 2.58. The average Bonchev–Trinajstić information content (AvgIpc) is 2.32. The molecule has 0 aromatic rings. The Balaban J connectivity index is 2.71. The molecule has 1 heterocycles. The minimum atomic E-state index is -0.236. The second-order valence-corrected chi connectivity index (χ2v) is 2.84. The van der Waals surface area contributed by atoms with Crippen LogP contribution in [-0.4, -0.2) is 19.0 Å². The lowest BCUT2D eigenvalue weighted by Gasteiger charge is -2.20. The summed E-state index contributed by atoms with van der Waals surface area (Å²) in [7, 11) is 0. The fraction of sp³-hybridized carbons (Fsp3) is 0.857. The van der Waals surface area contributed by atoms with Gasteiger partial charge in [0.15, 0.2) is 0 Å². The van der Waals surface area contributed by atoms with Crippen molar-refractivity contribution in [2.24, 2.45) is 11.1 Å². The molecule has 0 radical (unpaired) electrons. The summed E-state index contributed by atoms with van der Waals surface area (Å²) in [5, 5.41) is 2.79. The molecule has 0 aromatic carbocycles. The maximum absolute atomic E-state index is 11.2. The molecule has 1 rings (SSSR count). The van der Waals surface area contributed by atoms with Crippen LogP contribution in [0.25, 0.3) is 0 Å². The van der Waals surface area contributed by atoms with Gasteiger partial charge in [0.2, 0.25) is 5.91 Å². The van der Waals surface area contributed by atoms with Crippen molar-refractivity contribution in [3.05, 3.63) is 0 Å². The highest BCUT2D eigenvalue weighted by atomic mass is 16.2. The summed E-state index contributed by atoms with van der Waals surface area (Å²) >= 11 is 0. The molecule has 3 nitrogen and oxygen atoms in total. The molecule has 0 aliphatic carbocycles. The van der Waals surface area contributed by atoms with Gasteiger partial charge < -0.3 is 11.1 Å². The number of rotatable bonds is 2. The third kappa shape index (κ3) is 0.904. The molecule has 0 spiro atoms. The first kappa shape index (κ1) is 7.54. The fourth-order valence-electron chi connectivity index (χ4n) is 1.39. The molecule has 10 heavy (non-hydrogen) atoms. The zero-order valence-corrected chi connectivity index (χ0v) is 6.31. The highest BCUT2D eigenvalue weighted by molar-refractivity contribution is 5.84. The topological polar surface area (TPSA) is 55.1 Å². The Kier molecular flexibility index (Phi) is 1.94. The maximum atomic E-state index is 11.2. The normalized spacial score (nSPS) is 32.4. The predicted molar refractivity (Wildman–Crippen MR) is 39.4 cm³/mol. The molecule has 3 heteroatoms. The van der Waals surface area contributed by atoms with E-state index in [1.807, 2.05) is 6.92 Å². The van der Waals surface area contributed by atoms with Crippen LogP contribution in [-0.2, 0) is 4.79 Å². The van der Waals surface area contributed by atoms with E-state index in [1.165, 1.54) is 0 Å². The number of nitrogens with one attached hydrogen (secondary N) is 1. The van der Waals surface area contributed by atoms with E-state index < -0.39 is 0 Å². The lowest BCUT2D eigenvalue weighted by Crippen LogP contribution is -2.37. The van der Waals surface area contributed by atoms with E-state index in [2.05, 4.69) is 5.32 Å². The van der Waals surface area contributed by atoms with Crippen molar-refractivity contribution < 1.29 is 4.79 Å². The third-order valence-electron chi connectivity index (χ3n) is 2.44. The molecule has 0 saturated carbocycles. The standard InChI is InChI=1S/C7H14N2O/c1-2-7(5-8)3-4-9-6(7)10/h2-5,8H2,1H3,(H,9,10)/t7-/m0/s1. The SMILES string of the molecule is CC[C@@]1(CN)CCNC1=O. The summed E-state index contributed by atoms with van der Waals surface area (Å²) in [6.45, 7) is 3.29. The smallest absolute Gasteiger partial charge is 0.227 e. The van der Waals surface area contributed by atoms with Gasteiger partial charge in [0.25, 0.3) is 0 Å². The summed E-state index contributed by atoms with van der Waals surface area (Å²) in [6.07, 6.45) is 1.76. The van der Waals surface area contributed by atoms with Gasteiger partial charge >= 0.3 is 0 Å². The summed E-state index contributed by atoms with van der Waals surface area (Å²) in [4.78, 5) is 11.2. The van der Waals surface area contributed by atoms with Crippen molar-refractivity contribution in [3.8, 4) is 0 Å². The van der Waals surface area contributed by atoms with Gasteiger partial charge in [-0.05, 0) is 12.8 Å². The van der Waals surface area contributed by atoms with E-state index in [0.717, 1.165) is 19.4 Å². The van der Waals surface area contributed by atoms with Gasteiger partial charge in [-0.3, -0.25) is 4.79 Å². The Morgan fingerprint density at radius 1 is 1.80 bits per heavy atom. The average molecular weight is 142 g/mol. The van der Waals surface area contributed by atoms with Crippen LogP contribution in [0.15, 0.2) is 0 Å². The van der Waals surface area contributed by atoms with Gasteiger partial charge in [-0.1, -0.05) is 6.92 Å². The van der Waals surface area contributed by atoms with Gasteiger partial charge in [0.05, 0.1) is 5.41 Å². The summed E-state index contributed by atoms with van der Waals surface area (Å²) in [6, 6.07) is 0. The second-order valence-electron chi connectivity index (χ2n) is 2.84. The van der Waals surface area contributed by atoms with Crippen LogP contribution in [0.1, 0.15) is 19.8 Å². The van der Waals surface area contributed by atoms with E-state index in [-0.39, 0.29) is 11.3 Å². The van der Waals surface area contributed by atoms with Gasteiger partial charge in [-0.25, -0.2) is 0 Å². The molecule has 1 aliphatic heterocycles. The number of hydrogen-bond donors (Lipinski definition) is 2. The molecule has 58 valence electrons. The molecule has 1 amide bonds. The molecular formula is C7H14N2O. The van der Waals surface area contributed by atoms with Crippen LogP contribution >= 0.6 is 0 Å². The lowest BCUT2D eigenvalue weighted by atomic mass is 9.84. The van der Waals surface area contributed by atoms with Crippen molar-refractivity contribution >= 4 is 5.91 Å². The Morgan fingerprint density at radius 3 is 2.70 bits per heavy atom. The quantitative estimate of drug-likeness (QED) is 0.564. The molecule has 0 aromatic heterocycles. The Labute approximate surface area is 61.0 Å². The molecular weight excluding hydrogens is 128 g/mol. The van der Waals surface area contributed by atoms with Crippen LogP contribution in [0.2, 0.25) is 0 Å². The highest BCUT2D eigenvalue weighted by Crippen LogP contribution is 2.28. The zero-order valence-electron chi connectivity index (χ0n) is 6.31. The van der Waals surface area contributed by atoms with E-state index in [4.69, 9.17) is 5.73 Å². The molecule has 0 unspecified atom stereocenters. The Morgan fingerprint density at radius 2 is 2.50 bits per heavy atom. The van der Waals surface area contributed by atoms with Crippen LogP contribution < -0.4 is 11.1 Å². The number of nitrogens with two attached hydrogens (primary N) is 1. The summed E-state index contributed by atoms with van der Waals surface area (Å²) in [5.41, 5.74) is 5.27. The molecule has 3 N–H and O–H groups in total. The van der Waals surface area contributed by atoms with Crippen molar-refractivity contribution in [1.82, 2.24) is 5.32 Å². The number of amides is 1. The first-order valence-electron chi connectivity index (χ1n) is 3.73. The number of hydrogen-bond acceptors (Lipinski definition) is 2. The van der Waals surface area contributed by atoms with Crippen LogP contribution in [0, 0.1) is 5.41 Å². The molecule has 1 saturated heterocycles. The summed E-state index contributed by atoms with van der Waals surface area (Å²) in [5.74, 6) is 0.137. The zero-order chi connectivity index (χ0) is 7.61. The largest absolute Gasteiger partial charge is 0.356 e. The van der Waals surface area contributed by atoms with Crippen molar-refractivity contribution in [2.75, 3.05) is 13.1 Å². The first-order chi connectivity index (χ1) is 4.75. The first-order valence-corrected chi connectivity index (χ1v) is 3.73. The van der Waals surface area contributed by atoms with Gasteiger partial charge in [-0.15, -0.1) is 0 Å². The molecule has 1 atom stereocenters. The van der Waals surface area contributed by atoms with Crippen LogP contribution in [0.3, 0.4) is 0 Å². The van der Waals surface area contributed by atoms with Crippen molar-refractivity contribution in [3.63, 3.8) is 0 Å². The van der Waals surface area contributed by atoms with E-state index in [1.54, 1.807) is 0 Å². The van der Waals surface area contributed by atoms with Crippen molar-refractivity contribution in [1.29, 1.82) is 0 Å². The van der Waals surface area contributed by atoms with Crippen LogP contribution in [0.4, 0.5) is 0 Å². The van der Waals surface area contributed by atoms with Crippen LogP contribution in [0.5, 0.6) is 0 Å². The third-order valence-corrected chi connectivity index (χ3v) is 2.44.